The van der Waals surface area contributed by atoms with Crippen molar-refractivity contribution in [1.29, 1.82) is 0 Å². The molecule has 0 saturated carbocycles. The van der Waals surface area contributed by atoms with Crippen LogP contribution in [0.5, 0.6) is 0 Å². The molecule has 0 aliphatic carbocycles. The number of hydrogen-bond acceptors (Lipinski definition) is 3. The highest BCUT2D eigenvalue weighted by Gasteiger charge is 2.19. The van der Waals surface area contributed by atoms with Gasteiger partial charge < -0.3 is 10.1 Å². The Morgan fingerprint density at radius 1 is 1.32 bits per heavy atom. The third kappa shape index (κ3) is 4.30. The second kappa shape index (κ2) is 7.63. The molecule has 1 aliphatic heterocycles. The van der Waals surface area contributed by atoms with Gasteiger partial charge in [0, 0.05) is 26.7 Å². The van der Waals surface area contributed by atoms with E-state index in [2.05, 4.69) is 41.4 Å². The Morgan fingerprint density at radius 2 is 2.11 bits per heavy atom. The van der Waals surface area contributed by atoms with Crippen molar-refractivity contribution in [3.05, 3.63) is 35.4 Å². The first kappa shape index (κ1) is 14.5. The monoisotopic (exact) mass is 262 g/mol. The third-order valence-electron chi connectivity index (χ3n) is 3.87. The van der Waals surface area contributed by atoms with Crippen LogP contribution in [-0.2, 0) is 17.8 Å². The molecule has 3 heteroatoms. The lowest BCUT2D eigenvalue weighted by atomic mass is 10.0. The van der Waals surface area contributed by atoms with Gasteiger partial charge in [0.1, 0.15) is 0 Å². The lowest BCUT2D eigenvalue weighted by Gasteiger charge is -2.32. The van der Waals surface area contributed by atoms with Crippen LogP contribution in [0.15, 0.2) is 24.3 Å². The van der Waals surface area contributed by atoms with Crippen LogP contribution in [0.25, 0.3) is 0 Å². The van der Waals surface area contributed by atoms with Crippen molar-refractivity contribution in [2.45, 2.75) is 39.0 Å². The van der Waals surface area contributed by atoms with Gasteiger partial charge in [-0.25, -0.2) is 0 Å². The average Bonchev–Trinajstić information content (AvgIpc) is 2.46. The van der Waals surface area contributed by atoms with E-state index in [1.807, 2.05) is 7.11 Å². The van der Waals surface area contributed by atoms with Gasteiger partial charge in [-0.2, -0.15) is 0 Å². The van der Waals surface area contributed by atoms with Crippen molar-refractivity contribution in [2.24, 2.45) is 0 Å². The molecule has 2 rings (SSSR count). The molecule has 0 bridgehead atoms. The van der Waals surface area contributed by atoms with E-state index < -0.39 is 0 Å². The van der Waals surface area contributed by atoms with Crippen molar-refractivity contribution in [2.75, 3.05) is 26.7 Å². The first-order valence-electron chi connectivity index (χ1n) is 7.36. The van der Waals surface area contributed by atoms with E-state index in [9.17, 15) is 0 Å². The molecular formula is C16H26N2O. The summed E-state index contributed by atoms with van der Waals surface area (Å²) < 4.78 is 5.50. The Labute approximate surface area is 116 Å². The van der Waals surface area contributed by atoms with Gasteiger partial charge in [0.25, 0.3) is 0 Å². The fourth-order valence-electron chi connectivity index (χ4n) is 2.73. The molecule has 1 saturated heterocycles. The third-order valence-corrected chi connectivity index (χ3v) is 3.87. The maximum Gasteiger partial charge on any atom is 0.0698 e. The van der Waals surface area contributed by atoms with Crippen LogP contribution < -0.4 is 5.32 Å². The fourth-order valence-corrected chi connectivity index (χ4v) is 2.73. The van der Waals surface area contributed by atoms with Crippen molar-refractivity contribution >= 4 is 0 Å². The number of methoxy groups -OCH3 is 1. The summed E-state index contributed by atoms with van der Waals surface area (Å²) in [7, 11) is 1.83. The minimum Gasteiger partial charge on any atom is -0.380 e. The van der Waals surface area contributed by atoms with Crippen LogP contribution in [0.1, 0.15) is 30.9 Å². The first-order chi connectivity index (χ1) is 9.33. The maximum absolute atomic E-state index is 5.50. The highest BCUT2D eigenvalue weighted by Crippen LogP contribution is 2.17. The fraction of sp³-hybridized carbons (Fsp3) is 0.625. The minimum atomic E-state index is 0.412. The number of rotatable bonds is 6. The number of nitrogens with one attached hydrogen (secondary N) is 1. The molecule has 0 amide bonds. The normalized spacial score (nSPS) is 20.6. The van der Waals surface area contributed by atoms with Crippen LogP contribution >= 0.6 is 0 Å². The number of nitrogens with zero attached hydrogens (tertiary/aromatic N) is 1. The second-order valence-electron chi connectivity index (χ2n) is 5.28. The Hall–Kier alpha value is -0.900. The minimum absolute atomic E-state index is 0.412. The number of hydrogen-bond donors (Lipinski definition) is 1. The number of ether oxygens (including phenoxy) is 1. The topological polar surface area (TPSA) is 24.5 Å². The highest BCUT2D eigenvalue weighted by molar-refractivity contribution is 5.27. The van der Waals surface area contributed by atoms with E-state index >= 15 is 0 Å². The second-order valence-corrected chi connectivity index (χ2v) is 5.28. The summed E-state index contributed by atoms with van der Waals surface area (Å²) in [6.45, 7) is 7.43. The molecule has 1 aliphatic rings. The zero-order valence-corrected chi connectivity index (χ0v) is 12.2. The largest absolute Gasteiger partial charge is 0.380 e. The Kier molecular flexibility index (Phi) is 5.83. The molecule has 19 heavy (non-hydrogen) atoms. The van der Waals surface area contributed by atoms with Gasteiger partial charge in [-0.15, -0.1) is 0 Å². The van der Waals surface area contributed by atoms with Crippen LogP contribution in [0.2, 0.25) is 0 Å². The molecular weight excluding hydrogens is 236 g/mol. The van der Waals surface area contributed by atoms with Crippen LogP contribution in [0, 0.1) is 0 Å². The predicted molar refractivity (Wildman–Crippen MR) is 79.1 cm³/mol. The SMILES string of the molecule is CCNCc1ccccc1CN1CCCC(OC)C1. The van der Waals surface area contributed by atoms with E-state index in [1.165, 1.54) is 30.5 Å². The van der Waals surface area contributed by atoms with Crippen molar-refractivity contribution in [3.63, 3.8) is 0 Å². The van der Waals surface area contributed by atoms with Gasteiger partial charge in [-0.05, 0) is 37.1 Å². The number of piperidine rings is 1. The molecule has 1 fully saturated rings. The highest BCUT2D eigenvalue weighted by atomic mass is 16.5. The van der Waals surface area contributed by atoms with Gasteiger partial charge in [0.05, 0.1) is 6.10 Å². The zero-order valence-electron chi connectivity index (χ0n) is 12.2. The summed E-state index contributed by atoms with van der Waals surface area (Å²) in [6, 6.07) is 8.76. The number of likely N-dealkylation sites (tertiary alicyclic amines) is 1. The predicted octanol–water partition coefficient (Wildman–Crippen LogP) is 2.41. The zero-order chi connectivity index (χ0) is 13.5. The molecule has 0 spiro atoms. The Bertz CT molecular complexity index is 381. The Balaban J connectivity index is 1.97. The smallest absolute Gasteiger partial charge is 0.0698 e. The summed E-state index contributed by atoms with van der Waals surface area (Å²) >= 11 is 0. The standard InChI is InChI=1S/C16H26N2O/c1-3-17-11-14-7-4-5-8-15(14)12-18-10-6-9-16(13-18)19-2/h4-5,7-8,16-17H,3,6,9-13H2,1-2H3. The molecule has 1 aromatic rings. The quantitative estimate of drug-likeness (QED) is 0.852. The molecule has 1 heterocycles. The van der Waals surface area contributed by atoms with Gasteiger partial charge in [0.15, 0.2) is 0 Å². The van der Waals surface area contributed by atoms with Crippen molar-refractivity contribution in [3.8, 4) is 0 Å². The number of benzene rings is 1. The van der Waals surface area contributed by atoms with Gasteiger partial charge in [-0.3, -0.25) is 4.90 Å². The van der Waals surface area contributed by atoms with Crippen LogP contribution in [0.3, 0.4) is 0 Å². The van der Waals surface area contributed by atoms with E-state index in [-0.39, 0.29) is 0 Å². The Morgan fingerprint density at radius 3 is 2.84 bits per heavy atom. The van der Waals surface area contributed by atoms with Crippen LogP contribution in [0.4, 0.5) is 0 Å². The van der Waals surface area contributed by atoms with Crippen molar-refractivity contribution < 1.29 is 4.74 Å². The molecule has 1 aromatic carbocycles. The van der Waals surface area contributed by atoms with Crippen LogP contribution in [-0.4, -0.2) is 37.7 Å². The maximum atomic E-state index is 5.50. The van der Waals surface area contributed by atoms with Gasteiger partial charge in [0.2, 0.25) is 0 Å². The molecule has 3 nitrogen and oxygen atoms in total. The molecule has 106 valence electrons. The van der Waals surface area contributed by atoms with Gasteiger partial charge >= 0.3 is 0 Å². The summed E-state index contributed by atoms with van der Waals surface area (Å²) in [5.41, 5.74) is 2.86. The lowest BCUT2D eigenvalue weighted by molar-refractivity contribution is 0.0284. The lowest BCUT2D eigenvalue weighted by Crippen LogP contribution is -2.38. The summed E-state index contributed by atoms with van der Waals surface area (Å²) in [5, 5.41) is 3.42. The van der Waals surface area contributed by atoms with E-state index in [4.69, 9.17) is 4.74 Å². The van der Waals surface area contributed by atoms with E-state index in [0.29, 0.717) is 6.10 Å². The summed E-state index contributed by atoms with van der Waals surface area (Å²) in [6.07, 6.45) is 2.86. The first-order valence-corrected chi connectivity index (χ1v) is 7.36. The van der Waals surface area contributed by atoms with Gasteiger partial charge in [-0.1, -0.05) is 31.2 Å². The summed E-state index contributed by atoms with van der Waals surface area (Å²) in [4.78, 5) is 2.52. The van der Waals surface area contributed by atoms with E-state index in [1.54, 1.807) is 0 Å². The molecule has 0 aromatic heterocycles. The molecule has 1 N–H and O–H groups in total. The molecule has 0 radical (unpaired) electrons. The molecule has 1 unspecified atom stereocenters. The summed E-state index contributed by atoms with van der Waals surface area (Å²) in [5.74, 6) is 0. The average molecular weight is 262 g/mol. The van der Waals surface area contributed by atoms with E-state index in [0.717, 1.165) is 26.2 Å². The van der Waals surface area contributed by atoms with Crippen molar-refractivity contribution in [1.82, 2.24) is 10.2 Å². The molecule has 1 atom stereocenters.